The highest BCUT2D eigenvalue weighted by Crippen LogP contribution is 2.27. The predicted octanol–water partition coefficient (Wildman–Crippen LogP) is 4.16. The van der Waals surface area contributed by atoms with Crippen LogP contribution in [0.15, 0.2) is 72.2 Å². The molecule has 7 nitrogen and oxygen atoms in total. The zero-order valence-corrected chi connectivity index (χ0v) is 16.7. The van der Waals surface area contributed by atoms with Gasteiger partial charge in [0.2, 0.25) is 0 Å². The summed E-state index contributed by atoms with van der Waals surface area (Å²) in [5.74, 6) is 0.145. The van der Waals surface area contributed by atoms with Crippen LogP contribution >= 0.6 is 0 Å². The van der Waals surface area contributed by atoms with E-state index in [1.807, 2.05) is 29.8 Å². The first kappa shape index (κ1) is 18.8. The third kappa shape index (κ3) is 3.48. The highest BCUT2D eigenvalue weighted by molar-refractivity contribution is 5.86. The first-order chi connectivity index (χ1) is 15.1. The van der Waals surface area contributed by atoms with Gasteiger partial charge in [-0.25, -0.2) is 14.4 Å². The van der Waals surface area contributed by atoms with E-state index in [4.69, 9.17) is 0 Å². The summed E-state index contributed by atoms with van der Waals surface area (Å²) in [4.78, 5) is 27.4. The van der Waals surface area contributed by atoms with Crippen LogP contribution in [0.25, 0.3) is 28.1 Å². The lowest BCUT2D eigenvalue weighted by atomic mass is 10.2. The Kier molecular flexibility index (Phi) is 4.59. The molecule has 3 heterocycles. The molecular weight excluding hydrogens is 395 g/mol. The minimum atomic E-state index is -0.298. The highest BCUT2D eigenvalue weighted by atomic mass is 19.1. The number of H-pyrrole nitrogens is 2. The van der Waals surface area contributed by atoms with Gasteiger partial charge >= 0.3 is 0 Å². The summed E-state index contributed by atoms with van der Waals surface area (Å²) in [5, 5.41) is 3.17. The molecule has 3 aromatic heterocycles. The smallest absolute Gasteiger partial charge is 0.261 e. The highest BCUT2D eigenvalue weighted by Gasteiger charge is 2.16. The molecule has 3 N–H and O–H groups in total. The van der Waals surface area contributed by atoms with Gasteiger partial charge in [0.05, 0.1) is 23.0 Å². The van der Waals surface area contributed by atoms with E-state index in [1.165, 1.54) is 6.07 Å². The first-order valence-corrected chi connectivity index (χ1v) is 9.78. The zero-order valence-electron chi connectivity index (χ0n) is 16.7. The van der Waals surface area contributed by atoms with E-state index < -0.39 is 0 Å². The van der Waals surface area contributed by atoms with Crippen LogP contribution in [0.5, 0.6) is 0 Å². The van der Waals surface area contributed by atoms with Crippen LogP contribution in [0.4, 0.5) is 10.1 Å². The van der Waals surface area contributed by atoms with Crippen LogP contribution in [0.3, 0.4) is 0 Å². The molecule has 2 aromatic carbocycles. The Morgan fingerprint density at radius 1 is 1.19 bits per heavy atom. The summed E-state index contributed by atoms with van der Waals surface area (Å²) in [6, 6.07) is 12.3. The number of aryl methyl sites for hydroxylation is 1. The number of aromatic amines is 2. The van der Waals surface area contributed by atoms with Gasteiger partial charge in [-0.3, -0.25) is 4.79 Å². The van der Waals surface area contributed by atoms with Crippen molar-refractivity contribution < 1.29 is 4.39 Å². The van der Waals surface area contributed by atoms with E-state index >= 15 is 0 Å². The molecule has 0 saturated carbocycles. The molecule has 5 aromatic rings. The molecule has 154 valence electrons. The van der Waals surface area contributed by atoms with Gasteiger partial charge in [-0.2, -0.15) is 0 Å². The lowest BCUT2D eigenvalue weighted by Crippen LogP contribution is -2.13. The predicted molar refractivity (Wildman–Crippen MR) is 118 cm³/mol. The summed E-state index contributed by atoms with van der Waals surface area (Å²) in [6.45, 7) is 2.22. The molecule has 0 aliphatic rings. The van der Waals surface area contributed by atoms with Crippen molar-refractivity contribution >= 4 is 16.7 Å². The maximum absolute atomic E-state index is 14.0. The maximum atomic E-state index is 14.0. The number of halogens is 1. The summed E-state index contributed by atoms with van der Waals surface area (Å²) >= 11 is 0. The number of aromatic nitrogens is 5. The van der Waals surface area contributed by atoms with Crippen molar-refractivity contribution in [2.75, 3.05) is 5.32 Å². The third-order valence-corrected chi connectivity index (χ3v) is 5.19. The quantitative estimate of drug-likeness (QED) is 0.403. The van der Waals surface area contributed by atoms with Gasteiger partial charge in [0.25, 0.3) is 5.56 Å². The van der Waals surface area contributed by atoms with Gasteiger partial charge < -0.3 is 19.9 Å². The fourth-order valence-electron chi connectivity index (χ4n) is 3.64. The molecule has 0 fully saturated rings. The molecule has 0 amide bonds. The number of pyridine rings is 1. The number of rotatable bonds is 5. The van der Waals surface area contributed by atoms with Crippen molar-refractivity contribution in [1.82, 2.24) is 24.5 Å². The van der Waals surface area contributed by atoms with Gasteiger partial charge in [-0.05, 0) is 36.8 Å². The number of imidazole rings is 2. The van der Waals surface area contributed by atoms with E-state index in [9.17, 15) is 9.18 Å². The fourth-order valence-corrected chi connectivity index (χ4v) is 3.64. The Bertz CT molecular complexity index is 1430. The fraction of sp³-hybridized carbons (Fsp3) is 0.0870. The van der Waals surface area contributed by atoms with Gasteiger partial charge in [0.1, 0.15) is 17.2 Å². The number of nitrogens with zero attached hydrogens (tertiary/aromatic N) is 3. The molecule has 0 aliphatic carbocycles. The van der Waals surface area contributed by atoms with E-state index in [-0.39, 0.29) is 17.9 Å². The Labute approximate surface area is 176 Å². The number of hydrogen-bond donors (Lipinski definition) is 3. The van der Waals surface area contributed by atoms with Crippen LogP contribution in [-0.4, -0.2) is 24.5 Å². The van der Waals surface area contributed by atoms with E-state index in [0.29, 0.717) is 22.6 Å². The number of benzene rings is 2. The van der Waals surface area contributed by atoms with E-state index in [2.05, 4.69) is 25.3 Å². The van der Waals surface area contributed by atoms with Crippen molar-refractivity contribution in [2.45, 2.75) is 13.5 Å². The second-order valence-corrected chi connectivity index (χ2v) is 7.25. The monoisotopic (exact) mass is 414 g/mol. The van der Waals surface area contributed by atoms with E-state index in [1.54, 1.807) is 43.0 Å². The van der Waals surface area contributed by atoms with Crippen molar-refractivity contribution in [1.29, 1.82) is 0 Å². The third-order valence-electron chi connectivity index (χ3n) is 5.19. The zero-order chi connectivity index (χ0) is 21.4. The molecule has 5 rings (SSSR count). The van der Waals surface area contributed by atoms with Crippen molar-refractivity contribution in [3.63, 3.8) is 0 Å². The van der Waals surface area contributed by atoms with Gasteiger partial charge in [0.15, 0.2) is 0 Å². The minimum Gasteiger partial charge on any atom is -0.380 e. The Balaban J connectivity index is 1.56. The Morgan fingerprint density at radius 3 is 2.87 bits per heavy atom. The van der Waals surface area contributed by atoms with Gasteiger partial charge in [-0.15, -0.1) is 0 Å². The lowest BCUT2D eigenvalue weighted by molar-refractivity contribution is 0.613. The maximum Gasteiger partial charge on any atom is 0.261 e. The van der Waals surface area contributed by atoms with Crippen molar-refractivity contribution in [2.24, 2.45) is 0 Å². The SMILES string of the molecule is Cc1cc(-n2ccnc2)cc2[nH]c(-c3c(NCc4ccccc4F)cc[nH]c3=O)nc12. The molecule has 0 aliphatic heterocycles. The standard InChI is InChI=1S/C23H19FN6O/c1-14-10-16(30-9-8-25-13-30)11-19-21(14)29-22(28-19)20-18(6-7-26-23(20)31)27-12-15-4-2-3-5-17(15)24/h2-11,13H,12H2,1H3,(H,28,29)(H2,26,27,31). The molecule has 0 unspecified atom stereocenters. The molecule has 8 heteroatoms. The summed E-state index contributed by atoms with van der Waals surface area (Å²) in [7, 11) is 0. The second-order valence-electron chi connectivity index (χ2n) is 7.25. The van der Waals surface area contributed by atoms with Gasteiger partial charge in [-0.1, -0.05) is 18.2 Å². The van der Waals surface area contributed by atoms with Crippen LogP contribution in [-0.2, 0) is 6.54 Å². The van der Waals surface area contributed by atoms with Crippen LogP contribution in [0.2, 0.25) is 0 Å². The summed E-state index contributed by atoms with van der Waals surface area (Å²) in [6.07, 6.45) is 6.87. The van der Waals surface area contributed by atoms with Crippen LogP contribution < -0.4 is 10.9 Å². The molecular formula is C23H19FN6O. The normalized spacial score (nSPS) is 11.2. The van der Waals surface area contributed by atoms with Crippen LogP contribution in [0, 0.1) is 12.7 Å². The van der Waals surface area contributed by atoms with Crippen molar-refractivity contribution in [3.05, 3.63) is 94.7 Å². The minimum absolute atomic E-state index is 0.243. The number of fused-ring (bicyclic) bond motifs is 1. The topological polar surface area (TPSA) is 91.4 Å². The molecule has 0 atom stereocenters. The average Bonchev–Trinajstić information content (AvgIpc) is 3.43. The van der Waals surface area contributed by atoms with Gasteiger partial charge in [0, 0.05) is 36.4 Å². The molecule has 31 heavy (non-hydrogen) atoms. The Morgan fingerprint density at radius 2 is 2.06 bits per heavy atom. The second kappa shape index (κ2) is 7.56. The lowest BCUT2D eigenvalue weighted by Gasteiger charge is -2.10. The van der Waals surface area contributed by atoms with Crippen molar-refractivity contribution in [3.8, 4) is 17.1 Å². The number of hydrogen-bond acceptors (Lipinski definition) is 4. The number of nitrogens with one attached hydrogen (secondary N) is 3. The van der Waals surface area contributed by atoms with Crippen LogP contribution in [0.1, 0.15) is 11.1 Å². The molecule has 0 saturated heterocycles. The first-order valence-electron chi connectivity index (χ1n) is 9.78. The largest absolute Gasteiger partial charge is 0.380 e. The molecule has 0 bridgehead atoms. The molecule has 0 spiro atoms. The average molecular weight is 414 g/mol. The Hall–Kier alpha value is -4.20. The molecule has 0 radical (unpaired) electrons. The number of anilines is 1. The van der Waals surface area contributed by atoms with E-state index in [0.717, 1.165) is 22.3 Å². The summed E-state index contributed by atoms with van der Waals surface area (Å²) < 4.78 is 15.9. The summed E-state index contributed by atoms with van der Waals surface area (Å²) in [5.41, 5.74) is 4.67.